The molecule has 0 radical (unpaired) electrons. The van der Waals surface area contributed by atoms with Crippen molar-refractivity contribution < 1.29 is 4.74 Å². The van der Waals surface area contributed by atoms with E-state index in [1.54, 1.807) is 0 Å². The lowest BCUT2D eigenvalue weighted by Crippen LogP contribution is -2.41. The van der Waals surface area contributed by atoms with Crippen LogP contribution in [0.2, 0.25) is 0 Å². The number of halogens is 1. The zero-order valence-electron chi connectivity index (χ0n) is 13.4. The molecule has 1 fully saturated rings. The molecular weight excluding hydrogens is 389 g/mol. The van der Waals surface area contributed by atoms with Gasteiger partial charge in [0, 0.05) is 12.6 Å². The SMILES string of the molecule is CCOc1cccc(CCN=C(N)NC2CCCCC2)c1.I. The highest BCUT2D eigenvalue weighted by Crippen LogP contribution is 2.17. The summed E-state index contributed by atoms with van der Waals surface area (Å²) < 4.78 is 5.50. The molecular formula is C17H28IN3O. The molecule has 22 heavy (non-hydrogen) atoms. The molecule has 4 nitrogen and oxygen atoms in total. The number of benzene rings is 1. The maximum absolute atomic E-state index is 5.96. The molecule has 1 saturated carbocycles. The minimum Gasteiger partial charge on any atom is -0.494 e. The van der Waals surface area contributed by atoms with Crippen LogP contribution in [0.25, 0.3) is 0 Å². The average Bonchev–Trinajstić information content (AvgIpc) is 2.49. The quantitative estimate of drug-likeness (QED) is 0.423. The average molecular weight is 417 g/mol. The number of guanidine groups is 1. The Morgan fingerprint density at radius 3 is 2.82 bits per heavy atom. The smallest absolute Gasteiger partial charge is 0.188 e. The highest BCUT2D eigenvalue weighted by molar-refractivity contribution is 14.0. The van der Waals surface area contributed by atoms with Gasteiger partial charge < -0.3 is 15.8 Å². The third-order valence-electron chi connectivity index (χ3n) is 3.85. The molecule has 0 heterocycles. The van der Waals surface area contributed by atoms with Gasteiger partial charge in [0.05, 0.1) is 6.61 Å². The monoisotopic (exact) mass is 417 g/mol. The summed E-state index contributed by atoms with van der Waals surface area (Å²) in [5, 5.41) is 3.34. The summed E-state index contributed by atoms with van der Waals surface area (Å²) in [5.74, 6) is 1.51. The van der Waals surface area contributed by atoms with Crippen LogP contribution in [0.1, 0.15) is 44.6 Å². The maximum atomic E-state index is 5.96. The van der Waals surface area contributed by atoms with Gasteiger partial charge in [-0.25, -0.2) is 0 Å². The Labute approximate surface area is 150 Å². The predicted octanol–water partition coefficient (Wildman–Crippen LogP) is 3.48. The lowest BCUT2D eigenvalue weighted by molar-refractivity contribution is 0.340. The van der Waals surface area contributed by atoms with E-state index < -0.39 is 0 Å². The Morgan fingerprint density at radius 2 is 2.09 bits per heavy atom. The van der Waals surface area contributed by atoms with Crippen molar-refractivity contribution in [2.24, 2.45) is 10.7 Å². The van der Waals surface area contributed by atoms with Crippen LogP contribution < -0.4 is 15.8 Å². The number of nitrogens with one attached hydrogen (secondary N) is 1. The summed E-state index contributed by atoms with van der Waals surface area (Å²) in [6.45, 7) is 3.40. The molecule has 1 aliphatic carbocycles. The van der Waals surface area contributed by atoms with Crippen molar-refractivity contribution in [3.05, 3.63) is 29.8 Å². The number of hydrogen-bond acceptors (Lipinski definition) is 2. The number of nitrogens with two attached hydrogens (primary N) is 1. The number of nitrogens with zero attached hydrogens (tertiary/aromatic N) is 1. The summed E-state index contributed by atoms with van der Waals surface area (Å²) in [5.41, 5.74) is 7.19. The fraction of sp³-hybridized carbons (Fsp3) is 0.588. The van der Waals surface area contributed by atoms with Gasteiger partial charge in [-0.1, -0.05) is 31.4 Å². The zero-order valence-corrected chi connectivity index (χ0v) is 15.7. The van der Waals surface area contributed by atoms with Crippen LogP contribution in [0.3, 0.4) is 0 Å². The predicted molar refractivity (Wildman–Crippen MR) is 103 cm³/mol. The molecule has 1 aliphatic rings. The first-order valence-electron chi connectivity index (χ1n) is 8.06. The molecule has 5 heteroatoms. The number of ether oxygens (including phenoxy) is 1. The van der Waals surface area contributed by atoms with E-state index in [0.717, 1.165) is 12.2 Å². The Kier molecular flexibility index (Phi) is 9.27. The van der Waals surface area contributed by atoms with E-state index >= 15 is 0 Å². The zero-order chi connectivity index (χ0) is 14.9. The first-order chi connectivity index (χ1) is 10.3. The van der Waals surface area contributed by atoms with Gasteiger partial charge in [-0.2, -0.15) is 0 Å². The van der Waals surface area contributed by atoms with Crippen LogP contribution in [0, 0.1) is 0 Å². The minimum atomic E-state index is 0. The largest absolute Gasteiger partial charge is 0.494 e. The Hall–Kier alpha value is -0.980. The van der Waals surface area contributed by atoms with Crippen molar-refractivity contribution in [2.75, 3.05) is 13.2 Å². The van der Waals surface area contributed by atoms with Crippen LogP contribution in [-0.2, 0) is 6.42 Å². The standard InChI is InChI=1S/C17H27N3O.HI/c1-2-21-16-10-6-7-14(13-16)11-12-19-17(18)20-15-8-4-3-5-9-15;/h6-7,10,13,15H,2-5,8-9,11-12H2,1H3,(H3,18,19,20);1H. The molecule has 0 spiro atoms. The van der Waals surface area contributed by atoms with E-state index in [0.29, 0.717) is 25.2 Å². The first kappa shape index (κ1) is 19.1. The third-order valence-corrected chi connectivity index (χ3v) is 3.85. The van der Waals surface area contributed by atoms with Crippen LogP contribution in [0.4, 0.5) is 0 Å². The van der Waals surface area contributed by atoms with Crippen LogP contribution >= 0.6 is 24.0 Å². The summed E-state index contributed by atoms with van der Waals surface area (Å²) in [6, 6.07) is 8.69. The third kappa shape index (κ3) is 6.85. The molecule has 1 aromatic carbocycles. The highest BCUT2D eigenvalue weighted by atomic mass is 127. The second-order valence-electron chi connectivity index (χ2n) is 5.58. The Balaban J connectivity index is 0.00000242. The van der Waals surface area contributed by atoms with Crippen molar-refractivity contribution >= 4 is 29.9 Å². The molecule has 124 valence electrons. The van der Waals surface area contributed by atoms with Gasteiger partial charge in [-0.05, 0) is 43.9 Å². The van der Waals surface area contributed by atoms with Gasteiger partial charge in [0.25, 0.3) is 0 Å². The van der Waals surface area contributed by atoms with Crippen molar-refractivity contribution in [3.8, 4) is 5.75 Å². The lowest BCUT2D eigenvalue weighted by atomic mass is 9.96. The summed E-state index contributed by atoms with van der Waals surface area (Å²) in [4.78, 5) is 4.43. The van der Waals surface area contributed by atoms with Crippen LogP contribution in [0.5, 0.6) is 5.75 Å². The van der Waals surface area contributed by atoms with Crippen molar-refractivity contribution in [3.63, 3.8) is 0 Å². The van der Waals surface area contributed by atoms with Crippen LogP contribution in [0.15, 0.2) is 29.3 Å². The highest BCUT2D eigenvalue weighted by Gasteiger charge is 2.13. The van der Waals surface area contributed by atoms with Gasteiger partial charge in [0.1, 0.15) is 5.75 Å². The molecule has 0 aromatic heterocycles. The van der Waals surface area contributed by atoms with E-state index in [1.807, 2.05) is 19.1 Å². The molecule has 1 aromatic rings. The molecule has 0 unspecified atom stereocenters. The van der Waals surface area contributed by atoms with Gasteiger partial charge in [-0.15, -0.1) is 24.0 Å². The molecule has 0 saturated heterocycles. The van der Waals surface area contributed by atoms with E-state index in [9.17, 15) is 0 Å². The lowest BCUT2D eigenvalue weighted by Gasteiger charge is -2.23. The normalized spacial score (nSPS) is 16.0. The fourth-order valence-electron chi connectivity index (χ4n) is 2.76. The first-order valence-corrected chi connectivity index (χ1v) is 8.06. The summed E-state index contributed by atoms with van der Waals surface area (Å²) in [7, 11) is 0. The number of aliphatic imine (C=N–C) groups is 1. The second-order valence-corrected chi connectivity index (χ2v) is 5.58. The van der Waals surface area contributed by atoms with E-state index in [-0.39, 0.29) is 24.0 Å². The minimum absolute atomic E-state index is 0. The van der Waals surface area contributed by atoms with Crippen LogP contribution in [-0.4, -0.2) is 25.2 Å². The van der Waals surface area contributed by atoms with Gasteiger partial charge >= 0.3 is 0 Å². The van der Waals surface area contributed by atoms with Gasteiger partial charge in [-0.3, -0.25) is 4.99 Å². The second kappa shape index (κ2) is 10.7. The Bertz CT molecular complexity index is 459. The van der Waals surface area contributed by atoms with Gasteiger partial charge in [0.15, 0.2) is 5.96 Å². The van der Waals surface area contributed by atoms with E-state index in [1.165, 1.54) is 37.7 Å². The van der Waals surface area contributed by atoms with Crippen molar-refractivity contribution in [1.29, 1.82) is 0 Å². The van der Waals surface area contributed by atoms with E-state index in [2.05, 4.69) is 22.4 Å². The topological polar surface area (TPSA) is 59.6 Å². The van der Waals surface area contributed by atoms with Crippen molar-refractivity contribution in [2.45, 2.75) is 51.5 Å². The molecule has 0 amide bonds. The molecule has 0 bridgehead atoms. The molecule has 3 N–H and O–H groups in total. The van der Waals surface area contributed by atoms with Crippen molar-refractivity contribution in [1.82, 2.24) is 5.32 Å². The number of rotatable bonds is 6. The van der Waals surface area contributed by atoms with E-state index in [4.69, 9.17) is 10.5 Å². The molecule has 2 rings (SSSR count). The maximum Gasteiger partial charge on any atom is 0.188 e. The molecule has 0 atom stereocenters. The fourth-order valence-corrected chi connectivity index (χ4v) is 2.76. The Morgan fingerprint density at radius 1 is 1.32 bits per heavy atom. The van der Waals surface area contributed by atoms with Gasteiger partial charge in [0.2, 0.25) is 0 Å². The number of hydrogen-bond donors (Lipinski definition) is 2. The summed E-state index contributed by atoms with van der Waals surface area (Å²) >= 11 is 0. The summed E-state index contributed by atoms with van der Waals surface area (Å²) in [6.07, 6.45) is 7.27. The molecule has 0 aliphatic heterocycles.